The van der Waals surface area contributed by atoms with Crippen LogP contribution in [0.2, 0.25) is 10.0 Å². The van der Waals surface area contributed by atoms with E-state index in [0.717, 1.165) is 42.0 Å². The second-order valence-corrected chi connectivity index (χ2v) is 9.95. The Morgan fingerprint density at radius 1 is 1.12 bits per heavy atom. The highest BCUT2D eigenvalue weighted by Gasteiger charge is 2.52. The topological polar surface area (TPSA) is 21.3 Å². The van der Waals surface area contributed by atoms with Crippen molar-refractivity contribution in [2.75, 3.05) is 6.61 Å². The number of rotatable bonds is 7. The highest BCUT2D eigenvalue weighted by Crippen LogP contribution is 2.61. The summed E-state index contributed by atoms with van der Waals surface area (Å²) in [6, 6.07) is 4.30. The molecular formula is C22H31Cl2NO. The van der Waals surface area contributed by atoms with Crippen LogP contribution in [-0.2, 0) is 6.54 Å². The molecule has 0 saturated heterocycles. The summed E-state index contributed by atoms with van der Waals surface area (Å²) in [6.45, 7) is 5.95. The third-order valence-electron chi connectivity index (χ3n) is 7.14. The standard InChI is InChI=1S/C22H31Cl2NO/c1-3-4-26-21-18(8-19(23)9-20(21)24)13-25-14(2)22-10-15-5-16(11-22)7-17(6-15)12-22/h8-9,14-17,25H,3-7,10-13H2,1-2H3. The van der Waals surface area contributed by atoms with Gasteiger partial charge in [-0.2, -0.15) is 0 Å². The van der Waals surface area contributed by atoms with Crippen molar-refractivity contribution in [2.45, 2.75) is 71.4 Å². The number of hydrogen-bond donors (Lipinski definition) is 1. The molecule has 4 heteroatoms. The molecule has 4 aliphatic carbocycles. The Hall–Kier alpha value is -0.440. The van der Waals surface area contributed by atoms with Gasteiger partial charge in [0, 0.05) is 23.2 Å². The van der Waals surface area contributed by atoms with Crippen LogP contribution in [0.15, 0.2) is 12.1 Å². The lowest BCUT2D eigenvalue weighted by molar-refractivity contribution is -0.0706. The molecular weight excluding hydrogens is 365 g/mol. The van der Waals surface area contributed by atoms with Crippen molar-refractivity contribution < 1.29 is 4.74 Å². The first-order valence-electron chi connectivity index (χ1n) is 10.3. The normalized spacial score (nSPS) is 33.5. The molecule has 0 spiro atoms. The zero-order valence-electron chi connectivity index (χ0n) is 16.0. The van der Waals surface area contributed by atoms with Crippen LogP contribution in [0, 0.1) is 23.2 Å². The minimum Gasteiger partial charge on any atom is -0.492 e. The molecule has 0 aromatic heterocycles. The van der Waals surface area contributed by atoms with Crippen molar-refractivity contribution in [1.29, 1.82) is 0 Å². The molecule has 4 fully saturated rings. The van der Waals surface area contributed by atoms with Crippen molar-refractivity contribution in [3.63, 3.8) is 0 Å². The summed E-state index contributed by atoms with van der Waals surface area (Å²) in [6.07, 6.45) is 9.70. The average molecular weight is 396 g/mol. The number of ether oxygens (including phenoxy) is 1. The van der Waals surface area contributed by atoms with Gasteiger partial charge in [-0.15, -0.1) is 0 Å². The van der Waals surface area contributed by atoms with E-state index in [-0.39, 0.29) is 0 Å². The van der Waals surface area contributed by atoms with Gasteiger partial charge in [0.15, 0.2) is 0 Å². The summed E-state index contributed by atoms with van der Waals surface area (Å²) in [5, 5.41) is 5.12. The van der Waals surface area contributed by atoms with E-state index >= 15 is 0 Å². The third-order valence-corrected chi connectivity index (χ3v) is 7.64. The molecule has 26 heavy (non-hydrogen) atoms. The largest absolute Gasteiger partial charge is 0.492 e. The van der Waals surface area contributed by atoms with Crippen LogP contribution >= 0.6 is 23.2 Å². The Morgan fingerprint density at radius 3 is 2.31 bits per heavy atom. The molecule has 4 bridgehead atoms. The minimum atomic E-state index is 0.502. The van der Waals surface area contributed by atoms with E-state index in [9.17, 15) is 0 Å². The number of hydrogen-bond acceptors (Lipinski definition) is 2. The van der Waals surface area contributed by atoms with Crippen LogP contribution < -0.4 is 10.1 Å². The maximum atomic E-state index is 6.41. The molecule has 1 aromatic carbocycles. The molecule has 0 amide bonds. The number of nitrogens with one attached hydrogen (secondary N) is 1. The average Bonchev–Trinajstić information content (AvgIpc) is 2.57. The number of benzene rings is 1. The van der Waals surface area contributed by atoms with Crippen molar-refractivity contribution in [2.24, 2.45) is 23.2 Å². The lowest BCUT2D eigenvalue weighted by atomic mass is 9.48. The Bertz CT molecular complexity index is 625. The zero-order chi connectivity index (χ0) is 18.3. The fourth-order valence-electron chi connectivity index (χ4n) is 6.30. The zero-order valence-corrected chi connectivity index (χ0v) is 17.5. The van der Waals surface area contributed by atoms with Crippen LogP contribution in [-0.4, -0.2) is 12.6 Å². The molecule has 0 aliphatic heterocycles. The lowest BCUT2D eigenvalue weighted by Crippen LogP contribution is -2.54. The molecule has 4 saturated carbocycles. The summed E-state index contributed by atoms with van der Waals surface area (Å²) >= 11 is 12.7. The van der Waals surface area contributed by atoms with E-state index in [2.05, 4.69) is 19.2 Å². The second-order valence-electron chi connectivity index (χ2n) is 9.11. The maximum Gasteiger partial charge on any atom is 0.142 e. The van der Waals surface area contributed by atoms with Crippen LogP contribution in [0.5, 0.6) is 5.75 Å². The monoisotopic (exact) mass is 395 g/mol. The van der Waals surface area contributed by atoms with Gasteiger partial charge in [0.05, 0.1) is 11.6 Å². The van der Waals surface area contributed by atoms with Gasteiger partial charge < -0.3 is 10.1 Å². The Morgan fingerprint density at radius 2 is 1.73 bits per heavy atom. The van der Waals surface area contributed by atoms with E-state index in [1.165, 1.54) is 38.5 Å². The summed E-state index contributed by atoms with van der Waals surface area (Å²) < 4.78 is 5.92. The van der Waals surface area contributed by atoms with E-state index in [1.54, 1.807) is 6.07 Å². The van der Waals surface area contributed by atoms with Crippen molar-refractivity contribution in [3.8, 4) is 5.75 Å². The van der Waals surface area contributed by atoms with E-state index in [1.807, 2.05) is 6.07 Å². The Kier molecular flexibility index (Phi) is 5.47. The Labute approximate surface area is 168 Å². The molecule has 0 radical (unpaired) electrons. The number of halogens is 2. The Balaban J connectivity index is 1.47. The van der Waals surface area contributed by atoms with Crippen LogP contribution in [0.4, 0.5) is 0 Å². The quantitative estimate of drug-likeness (QED) is 0.570. The van der Waals surface area contributed by atoms with Crippen LogP contribution in [0.25, 0.3) is 0 Å². The molecule has 1 unspecified atom stereocenters. The summed E-state index contributed by atoms with van der Waals surface area (Å²) in [5.74, 6) is 3.74. The van der Waals surface area contributed by atoms with Crippen molar-refractivity contribution >= 4 is 23.2 Å². The van der Waals surface area contributed by atoms with Crippen LogP contribution in [0.1, 0.15) is 64.4 Å². The highest BCUT2D eigenvalue weighted by atomic mass is 35.5. The lowest BCUT2D eigenvalue weighted by Gasteiger charge is -2.59. The van der Waals surface area contributed by atoms with Crippen molar-refractivity contribution in [1.82, 2.24) is 5.32 Å². The van der Waals surface area contributed by atoms with E-state index < -0.39 is 0 Å². The molecule has 2 nitrogen and oxygen atoms in total. The van der Waals surface area contributed by atoms with Gasteiger partial charge in [-0.3, -0.25) is 0 Å². The third kappa shape index (κ3) is 3.62. The molecule has 0 heterocycles. The van der Waals surface area contributed by atoms with Crippen molar-refractivity contribution in [3.05, 3.63) is 27.7 Å². The van der Waals surface area contributed by atoms with Gasteiger partial charge in [-0.25, -0.2) is 0 Å². The SMILES string of the molecule is CCCOc1c(Cl)cc(Cl)cc1CNC(C)C12CC3CC(CC(C3)C1)C2. The molecule has 144 valence electrons. The molecule has 1 aromatic rings. The van der Waals surface area contributed by atoms with Gasteiger partial charge >= 0.3 is 0 Å². The van der Waals surface area contributed by atoms with Crippen LogP contribution in [0.3, 0.4) is 0 Å². The fourth-order valence-corrected chi connectivity index (χ4v) is 6.89. The fraction of sp³-hybridized carbons (Fsp3) is 0.727. The molecule has 1 N–H and O–H groups in total. The minimum absolute atomic E-state index is 0.502. The van der Waals surface area contributed by atoms with Gasteiger partial charge in [-0.05, 0) is 87.2 Å². The van der Waals surface area contributed by atoms with Gasteiger partial charge in [0.1, 0.15) is 5.75 Å². The molecule has 1 atom stereocenters. The first kappa shape index (κ1) is 18.9. The predicted octanol–water partition coefficient (Wildman–Crippen LogP) is 6.48. The smallest absolute Gasteiger partial charge is 0.142 e. The maximum absolute atomic E-state index is 6.41. The van der Waals surface area contributed by atoms with Gasteiger partial charge in [0.2, 0.25) is 0 Å². The highest BCUT2D eigenvalue weighted by molar-refractivity contribution is 6.35. The summed E-state index contributed by atoms with van der Waals surface area (Å²) in [4.78, 5) is 0. The van der Waals surface area contributed by atoms with Gasteiger partial charge in [-0.1, -0.05) is 30.1 Å². The van der Waals surface area contributed by atoms with E-state index in [4.69, 9.17) is 27.9 Å². The van der Waals surface area contributed by atoms with Gasteiger partial charge in [0.25, 0.3) is 0 Å². The summed E-state index contributed by atoms with van der Waals surface area (Å²) in [7, 11) is 0. The first-order chi connectivity index (χ1) is 12.5. The second kappa shape index (κ2) is 7.53. The first-order valence-corrected chi connectivity index (χ1v) is 11.1. The predicted molar refractivity (Wildman–Crippen MR) is 109 cm³/mol. The molecule has 4 aliphatic rings. The van der Waals surface area contributed by atoms with E-state index in [0.29, 0.717) is 28.1 Å². The molecule has 5 rings (SSSR count). The summed E-state index contributed by atoms with van der Waals surface area (Å²) in [5.41, 5.74) is 1.58.